The molecule has 32 heavy (non-hydrogen) atoms. The molecule has 0 aliphatic carbocycles. The SMILES string of the molecule is Cc1ccc(S(=O)(=O)N2C[C@H](C(=O)Nc3c(C)cccc3C)Oc3ccc(C)cc32)cc1. The lowest BCUT2D eigenvalue weighted by Gasteiger charge is -2.35. The maximum atomic E-state index is 13.5. The molecule has 0 aromatic heterocycles. The van der Waals surface area contributed by atoms with E-state index in [0.717, 1.165) is 22.3 Å². The van der Waals surface area contributed by atoms with Crippen molar-refractivity contribution in [3.8, 4) is 5.75 Å². The van der Waals surface area contributed by atoms with E-state index in [-0.39, 0.29) is 11.4 Å². The second-order valence-electron chi connectivity index (χ2n) is 8.18. The molecule has 1 heterocycles. The lowest BCUT2D eigenvalue weighted by molar-refractivity contribution is -0.122. The second kappa shape index (κ2) is 8.31. The standard InChI is InChI=1S/C25H26N2O4S/c1-16-8-11-20(12-9-16)32(29,30)27-15-23(31-22-13-10-17(2)14-21(22)27)25(28)26-24-18(3)6-5-7-19(24)4/h5-14,23H,15H2,1-4H3,(H,26,28)/t23-/m1/s1. The van der Waals surface area contributed by atoms with Crippen molar-refractivity contribution in [2.24, 2.45) is 0 Å². The number of para-hydroxylation sites is 1. The second-order valence-corrected chi connectivity index (χ2v) is 10.0. The van der Waals surface area contributed by atoms with Crippen LogP contribution in [0.4, 0.5) is 11.4 Å². The van der Waals surface area contributed by atoms with E-state index >= 15 is 0 Å². The summed E-state index contributed by atoms with van der Waals surface area (Å²) in [5, 5.41) is 2.92. The van der Waals surface area contributed by atoms with Gasteiger partial charge in [-0.15, -0.1) is 0 Å². The van der Waals surface area contributed by atoms with E-state index in [1.165, 1.54) is 4.31 Å². The van der Waals surface area contributed by atoms with Crippen LogP contribution < -0.4 is 14.4 Å². The highest BCUT2D eigenvalue weighted by Crippen LogP contribution is 2.38. The van der Waals surface area contributed by atoms with Crippen LogP contribution in [-0.4, -0.2) is 27.0 Å². The van der Waals surface area contributed by atoms with Crippen molar-refractivity contribution in [1.29, 1.82) is 0 Å². The first-order valence-electron chi connectivity index (χ1n) is 10.4. The van der Waals surface area contributed by atoms with Crippen LogP contribution in [0.15, 0.2) is 65.6 Å². The zero-order valence-corrected chi connectivity index (χ0v) is 19.4. The Morgan fingerprint density at radius 3 is 2.22 bits per heavy atom. The summed E-state index contributed by atoms with van der Waals surface area (Å²) in [6, 6.07) is 17.7. The van der Waals surface area contributed by atoms with Crippen LogP contribution in [0.1, 0.15) is 22.3 Å². The molecule has 0 bridgehead atoms. The molecular formula is C25H26N2O4S. The molecular weight excluding hydrogens is 424 g/mol. The molecule has 166 valence electrons. The Balaban J connectivity index is 1.71. The van der Waals surface area contributed by atoms with Crippen molar-refractivity contribution in [3.63, 3.8) is 0 Å². The van der Waals surface area contributed by atoms with Crippen LogP contribution in [0.3, 0.4) is 0 Å². The van der Waals surface area contributed by atoms with Gasteiger partial charge in [-0.25, -0.2) is 8.42 Å². The maximum Gasteiger partial charge on any atom is 0.267 e. The zero-order valence-electron chi connectivity index (χ0n) is 18.5. The molecule has 0 spiro atoms. The minimum Gasteiger partial charge on any atom is -0.476 e. The van der Waals surface area contributed by atoms with Gasteiger partial charge in [-0.05, 0) is 68.7 Å². The first-order valence-corrected chi connectivity index (χ1v) is 11.8. The molecule has 1 amide bonds. The molecule has 1 atom stereocenters. The number of ether oxygens (including phenoxy) is 1. The normalized spacial score (nSPS) is 15.6. The smallest absolute Gasteiger partial charge is 0.267 e. The molecule has 0 fully saturated rings. The summed E-state index contributed by atoms with van der Waals surface area (Å²) in [5.74, 6) is -0.0306. The molecule has 7 heteroatoms. The third-order valence-electron chi connectivity index (χ3n) is 5.61. The Bertz CT molecular complexity index is 1260. The highest BCUT2D eigenvalue weighted by Gasteiger charge is 2.37. The number of anilines is 2. The molecule has 3 aromatic rings. The quantitative estimate of drug-likeness (QED) is 0.634. The van der Waals surface area contributed by atoms with Crippen LogP contribution >= 0.6 is 0 Å². The highest BCUT2D eigenvalue weighted by molar-refractivity contribution is 7.92. The number of fused-ring (bicyclic) bond motifs is 1. The molecule has 1 aliphatic rings. The summed E-state index contributed by atoms with van der Waals surface area (Å²) in [7, 11) is -3.89. The van der Waals surface area contributed by atoms with Gasteiger partial charge in [0.1, 0.15) is 5.75 Å². The maximum absolute atomic E-state index is 13.5. The number of carbonyl (C=O) groups is 1. The molecule has 3 aromatic carbocycles. The van der Waals surface area contributed by atoms with Gasteiger partial charge in [0.05, 0.1) is 17.1 Å². The third-order valence-corrected chi connectivity index (χ3v) is 7.41. The van der Waals surface area contributed by atoms with Crippen molar-refractivity contribution >= 4 is 27.3 Å². The molecule has 0 saturated carbocycles. The van der Waals surface area contributed by atoms with Gasteiger partial charge in [-0.1, -0.05) is 42.0 Å². The Morgan fingerprint density at radius 2 is 1.56 bits per heavy atom. The highest BCUT2D eigenvalue weighted by atomic mass is 32.2. The Morgan fingerprint density at radius 1 is 0.938 bits per heavy atom. The van der Waals surface area contributed by atoms with Crippen LogP contribution in [-0.2, 0) is 14.8 Å². The molecule has 1 aliphatic heterocycles. The Kier molecular flexibility index (Phi) is 5.69. The number of carbonyl (C=O) groups excluding carboxylic acids is 1. The number of hydrogen-bond donors (Lipinski definition) is 1. The Hall–Kier alpha value is -3.32. The predicted molar refractivity (Wildman–Crippen MR) is 126 cm³/mol. The number of sulfonamides is 1. The van der Waals surface area contributed by atoms with E-state index in [0.29, 0.717) is 17.1 Å². The molecule has 4 rings (SSSR count). The van der Waals surface area contributed by atoms with Gasteiger partial charge < -0.3 is 10.1 Å². The largest absolute Gasteiger partial charge is 0.476 e. The number of rotatable bonds is 4. The number of nitrogens with zero attached hydrogens (tertiary/aromatic N) is 1. The van der Waals surface area contributed by atoms with Crippen LogP contribution in [0, 0.1) is 27.7 Å². The lowest BCUT2D eigenvalue weighted by atomic mass is 10.1. The molecule has 6 nitrogen and oxygen atoms in total. The Labute approximate surface area is 188 Å². The van der Waals surface area contributed by atoms with Crippen molar-refractivity contribution in [1.82, 2.24) is 0 Å². The molecule has 0 saturated heterocycles. The summed E-state index contributed by atoms with van der Waals surface area (Å²) in [6.07, 6.45) is -0.996. The van der Waals surface area contributed by atoms with Crippen molar-refractivity contribution in [3.05, 3.63) is 82.9 Å². The predicted octanol–water partition coefficient (Wildman–Crippen LogP) is 4.52. The first kappa shape index (κ1) is 21.9. The van der Waals surface area contributed by atoms with Crippen LogP contribution in [0.2, 0.25) is 0 Å². The van der Waals surface area contributed by atoms with E-state index < -0.39 is 22.0 Å². The summed E-state index contributed by atoms with van der Waals surface area (Å²) in [5.41, 5.74) is 4.86. The minimum atomic E-state index is -3.89. The summed E-state index contributed by atoms with van der Waals surface area (Å²) in [6.45, 7) is 7.49. The number of amides is 1. The van der Waals surface area contributed by atoms with E-state index in [1.54, 1.807) is 36.4 Å². The monoisotopic (exact) mass is 450 g/mol. The first-order chi connectivity index (χ1) is 15.2. The van der Waals surface area contributed by atoms with Gasteiger partial charge in [0.15, 0.2) is 6.10 Å². The van der Waals surface area contributed by atoms with E-state index in [4.69, 9.17) is 4.74 Å². The zero-order chi connectivity index (χ0) is 23.0. The summed E-state index contributed by atoms with van der Waals surface area (Å²) >= 11 is 0. The van der Waals surface area contributed by atoms with Gasteiger partial charge in [-0.3, -0.25) is 9.10 Å². The van der Waals surface area contributed by atoms with Gasteiger partial charge in [0.25, 0.3) is 15.9 Å². The molecule has 0 radical (unpaired) electrons. The van der Waals surface area contributed by atoms with Crippen molar-refractivity contribution in [2.45, 2.75) is 38.7 Å². The van der Waals surface area contributed by atoms with Gasteiger partial charge in [0, 0.05) is 5.69 Å². The van der Waals surface area contributed by atoms with E-state index in [2.05, 4.69) is 5.32 Å². The number of benzene rings is 3. The van der Waals surface area contributed by atoms with Crippen molar-refractivity contribution < 1.29 is 17.9 Å². The average molecular weight is 451 g/mol. The third kappa shape index (κ3) is 4.08. The fraction of sp³-hybridized carbons (Fsp3) is 0.240. The summed E-state index contributed by atoms with van der Waals surface area (Å²) < 4.78 is 34.3. The topological polar surface area (TPSA) is 75.7 Å². The molecule has 1 N–H and O–H groups in total. The lowest BCUT2D eigenvalue weighted by Crippen LogP contribution is -2.49. The minimum absolute atomic E-state index is 0.122. The van der Waals surface area contributed by atoms with Crippen LogP contribution in [0.5, 0.6) is 5.75 Å². The van der Waals surface area contributed by atoms with Crippen molar-refractivity contribution in [2.75, 3.05) is 16.2 Å². The average Bonchev–Trinajstić information content (AvgIpc) is 2.75. The fourth-order valence-electron chi connectivity index (χ4n) is 3.78. The van der Waals surface area contributed by atoms with E-state index in [9.17, 15) is 13.2 Å². The molecule has 0 unspecified atom stereocenters. The van der Waals surface area contributed by atoms with E-state index in [1.807, 2.05) is 52.0 Å². The van der Waals surface area contributed by atoms with Gasteiger partial charge in [-0.2, -0.15) is 0 Å². The van der Waals surface area contributed by atoms with Crippen LogP contribution in [0.25, 0.3) is 0 Å². The van der Waals surface area contributed by atoms with Gasteiger partial charge in [0.2, 0.25) is 0 Å². The van der Waals surface area contributed by atoms with Gasteiger partial charge >= 0.3 is 0 Å². The summed E-state index contributed by atoms with van der Waals surface area (Å²) in [4.78, 5) is 13.3. The number of nitrogens with one attached hydrogen (secondary N) is 1. The fourth-order valence-corrected chi connectivity index (χ4v) is 5.25. The number of hydrogen-bond acceptors (Lipinski definition) is 4. The number of aryl methyl sites for hydroxylation is 4.